The number of benzene rings is 1. The van der Waals surface area contributed by atoms with E-state index in [-0.39, 0.29) is 10.8 Å². The van der Waals surface area contributed by atoms with Gasteiger partial charge in [0.2, 0.25) is 10.0 Å². The van der Waals surface area contributed by atoms with Gasteiger partial charge in [-0.25, -0.2) is 12.8 Å². The van der Waals surface area contributed by atoms with Crippen molar-refractivity contribution in [2.75, 3.05) is 13.1 Å². The number of aryl methyl sites for hydroxylation is 1. The quantitative estimate of drug-likeness (QED) is 0.943. The molecule has 7 heteroatoms. The Balaban J connectivity index is 1.87. The first-order valence-corrected chi connectivity index (χ1v) is 8.68. The van der Waals surface area contributed by atoms with E-state index in [0.29, 0.717) is 13.1 Å². The highest BCUT2D eigenvalue weighted by Crippen LogP contribution is 2.30. The molecule has 1 aromatic heterocycles. The van der Waals surface area contributed by atoms with Crippen LogP contribution in [0.1, 0.15) is 30.0 Å². The second kappa shape index (κ2) is 5.81. The molecule has 0 aliphatic carbocycles. The molecule has 2 heterocycles. The fourth-order valence-corrected chi connectivity index (χ4v) is 4.50. The first kappa shape index (κ1) is 15.2. The monoisotopic (exact) mass is 323 g/mol. The lowest BCUT2D eigenvalue weighted by atomic mass is 9.94. The summed E-state index contributed by atoms with van der Waals surface area (Å²) in [5.41, 5.74) is 2.02. The number of aromatic nitrogens is 2. The Labute approximate surface area is 129 Å². The molecule has 0 spiro atoms. The van der Waals surface area contributed by atoms with Crippen molar-refractivity contribution in [1.29, 1.82) is 0 Å². The zero-order chi connectivity index (χ0) is 15.7. The molecule has 1 aliphatic heterocycles. The molecule has 118 valence electrons. The van der Waals surface area contributed by atoms with Crippen molar-refractivity contribution in [2.24, 2.45) is 0 Å². The maximum Gasteiger partial charge on any atom is 0.243 e. The minimum absolute atomic E-state index is 0.00878. The zero-order valence-corrected chi connectivity index (χ0v) is 13.1. The predicted octanol–water partition coefficient (Wildman–Crippen LogP) is 2.43. The number of nitrogens with one attached hydrogen (secondary N) is 1. The van der Waals surface area contributed by atoms with E-state index in [9.17, 15) is 12.8 Å². The normalized spacial score (nSPS) is 20.2. The van der Waals surface area contributed by atoms with Crippen LogP contribution in [0.25, 0.3) is 0 Å². The standard InChI is InChI=1S/C15H18FN3O2S/c1-11-9-17-18-15(11)12-4-3-7-19(10-12)22(20,21)14-6-2-5-13(16)8-14/h2,5-6,8-9,12H,3-4,7,10H2,1H3,(H,17,18)/t12-/m0/s1. The molecular weight excluding hydrogens is 305 g/mol. The Hall–Kier alpha value is -1.73. The van der Waals surface area contributed by atoms with Crippen molar-refractivity contribution >= 4 is 10.0 Å². The van der Waals surface area contributed by atoms with Gasteiger partial charge in [-0.3, -0.25) is 5.10 Å². The highest BCUT2D eigenvalue weighted by molar-refractivity contribution is 7.89. The molecule has 22 heavy (non-hydrogen) atoms. The smallest absolute Gasteiger partial charge is 0.243 e. The molecule has 1 N–H and O–H groups in total. The SMILES string of the molecule is Cc1cn[nH]c1[C@H]1CCCN(S(=O)(=O)c2cccc(F)c2)C1. The Morgan fingerprint density at radius 3 is 2.91 bits per heavy atom. The third-order valence-corrected chi connectivity index (χ3v) is 5.96. The molecule has 5 nitrogen and oxygen atoms in total. The molecule has 0 radical (unpaired) electrons. The molecule has 0 unspecified atom stereocenters. The van der Waals surface area contributed by atoms with Crippen LogP contribution >= 0.6 is 0 Å². The molecule has 0 amide bonds. The summed E-state index contributed by atoms with van der Waals surface area (Å²) in [6.45, 7) is 2.81. The first-order valence-electron chi connectivity index (χ1n) is 7.24. The third-order valence-electron chi connectivity index (χ3n) is 4.09. The van der Waals surface area contributed by atoms with Crippen molar-refractivity contribution in [1.82, 2.24) is 14.5 Å². The van der Waals surface area contributed by atoms with Gasteiger partial charge in [0.25, 0.3) is 0 Å². The van der Waals surface area contributed by atoms with Crippen molar-refractivity contribution < 1.29 is 12.8 Å². The molecule has 1 aliphatic rings. The number of aromatic amines is 1. The Morgan fingerprint density at radius 1 is 1.41 bits per heavy atom. The number of sulfonamides is 1. The van der Waals surface area contributed by atoms with Crippen LogP contribution in [-0.2, 0) is 10.0 Å². The van der Waals surface area contributed by atoms with E-state index in [1.54, 1.807) is 6.20 Å². The molecule has 1 aromatic carbocycles. The molecule has 0 bridgehead atoms. The van der Waals surface area contributed by atoms with Crippen LogP contribution < -0.4 is 0 Å². The van der Waals surface area contributed by atoms with Gasteiger partial charge in [0.05, 0.1) is 11.1 Å². The van der Waals surface area contributed by atoms with Crippen LogP contribution in [0.15, 0.2) is 35.4 Å². The minimum Gasteiger partial charge on any atom is -0.282 e. The summed E-state index contributed by atoms with van der Waals surface area (Å²) in [4.78, 5) is 0.00878. The predicted molar refractivity (Wildman–Crippen MR) is 80.5 cm³/mol. The number of hydrogen-bond donors (Lipinski definition) is 1. The number of hydrogen-bond acceptors (Lipinski definition) is 3. The number of halogens is 1. The van der Waals surface area contributed by atoms with Gasteiger partial charge in [-0.1, -0.05) is 6.07 Å². The summed E-state index contributed by atoms with van der Waals surface area (Å²) in [6.07, 6.45) is 3.44. The number of H-pyrrole nitrogens is 1. The molecule has 2 aromatic rings. The topological polar surface area (TPSA) is 66.1 Å². The zero-order valence-electron chi connectivity index (χ0n) is 12.3. The lowest BCUT2D eigenvalue weighted by Crippen LogP contribution is -2.39. The first-order chi connectivity index (χ1) is 10.5. The van der Waals surface area contributed by atoms with Gasteiger partial charge in [-0.05, 0) is 43.5 Å². The molecule has 1 saturated heterocycles. The molecule has 1 fully saturated rings. The van der Waals surface area contributed by atoms with E-state index < -0.39 is 15.8 Å². The maximum atomic E-state index is 13.3. The van der Waals surface area contributed by atoms with Gasteiger partial charge in [0, 0.05) is 24.7 Å². The molecule has 0 saturated carbocycles. The summed E-state index contributed by atoms with van der Waals surface area (Å²) >= 11 is 0. The van der Waals surface area contributed by atoms with Crippen molar-refractivity contribution in [2.45, 2.75) is 30.6 Å². The van der Waals surface area contributed by atoms with Crippen LogP contribution in [0, 0.1) is 12.7 Å². The second-order valence-corrected chi connectivity index (χ2v) is 7.56. The largest absolute Gasteiger partial charge is 0.282 e. The Morgan fingerprint density at radius 2 is 2.23 bits per heavy atom. The van der Waals surface area contributed by atoms with Crippen LogP contribution in [0.3, 0.4) is 0 Å². The fourth-order valence-electron chi connectivity index (χ4n) is 2.94. The van der Waals surface area contributed by atoms with Gasteiger partial charge >= 0.3 is 0 Å². The summed E-state index contributed by atoms with van der Waals surface area (Å²) in [6, 6.07) is 5.17. The molecule has 1 atom stereocenters. The average Bonchev–Trinajstić information content (AvgIpc) is 2.93. The van der Waals surface area contributed by atoms with E-state index in [1.165, 1.54) is 22.5 Å². The second-order valence-electron chi connectivity index (χ2n) is 5.63. The molecular formula is C15H18FN3O2S. The summed E-state index contributed by atoms with van der Waals surface area (Å²) in [7, 11) is -3.66. The highest BCUT2D eigenvalue weighted by atomic mass is 32.2. The lowest BCUT2D eigenvalue weighted by Gasteiger charge is -2.31. The number of nitrogens with zero attached hydrogens (tertiary/aromatic N) is 2. The third kappa shape index (κ3) is 2.78. The van der Waals surface area contributed by atoms with E-state index in [4.69, 9.17) is 0 Å². The van der Waals surface area contributed by atoms with Crippen molar-refractivity contribution in [3.63, 3.8) is 0 Å². The van der Waals surface area contributed by atoms with Crippen LogP contribution in [0.5, 0.6) is 0 Å². The van der Waals surface area contributed by atoms with Crippen LogP contribution in [0.4, 0.5) is 4.39 Å². The Bertz CT molecular complexity index is 773. The summed E-state index contributed by atoms with van der Waals surface area (Å²) < 4.78 is 40.1. The lowest BCUT2D eigenvalue weighted by molar-refractivity contribution is 0.312. The number of rotatable bonds is 3. The van der Waals surface area contributed by atoms with Gasteiger partial charge in [0.15, 0.2) is 0 Å². The minimum atomic E-state index is -3.66. The van der Waals surface area contributed by atoms with Crippen LogP contribution in [0.2, 0.25) is 0 Å². The molecule has 3 rings (SSSR count). The van der Waals surface area contributed by atoms with Gasteiger partial charge in [-0.2, -0.15) is 9.40 Å². The van der Waals surface area contributed by atoms with Gasteiger partial charge in [0.1, 0.15) is 5.82 Å². The summed E-state index contributed by atoms with van der Waals surface area (Å²) in [5.74, 6) is -0.446. The highest BCUT2D eigenvalue weighted by Gasteiger charge is 2.32. The van der Waals surface area contributed by atoms with E-state index in [0.717, 1.165) is 30.2 Å². The van der Waals surface area contributed by atoms with Crippen LogP contribution in [-0.4, -0.2) is 36.0 Å². The maximum absolute atomic E-state index is 13.3. The average molecular weight is 323 g/mol. The van der Waals surface area contributed by atoms with Crippen molar-refractivity contribution in [3.05, 3.63) is 47.5 Å². The Kier molecular flexibility index (Phi) is 4.01. The van der Waals surface area contributed by atoms with E-state index in [2.05, 4.69) is 10.2 Å². The van der Waals surface area contributed by atoms with Gasteiger partial charge < -0.3 is 0 Å². The fraction of sp³-hybridized carbons (Fsp3) is 0.400. The van der Waals surface area contributed by atoms with E-state index in [1.807, 2.05) is 6.92 Å². The van der Waals surface area contributed by atoms with Gasteiger partial charge in [-0.15, -0.1) is 0 Å². The number of piperidine rings is 1. The van der Waals surface area contributed by atoms with E-state index >= 15 is 0 Å². The summed E-state index contributed by atoms with van der Waals surface area (Å²) in [5, 5.41) is 6.98. The van der Waals surface area contributed by atoms with Crippen molar-refractivity contribution in [3.8, 4) is 0 Å².